The van der Waals surface area contributed by atoms with E-state index in [1.54, 1.807) is 7.11 Å². The minimum atomic E-state index is 0.214. The van der Waals surface area contributed by atoms with Gasteiger partial charge in [-0.15, -0.1) is 0 Å². The summed E-state index contributed by atoms with van der Waals surface area (Å²) in [6, 6.07) is 8.32. The average Bonchev–Trinajstić information content (AvgIpc) is 3.17. The van der Waals surface area contributed by atoms with E-state index in [0.717, 1.165) is 51.5 Å². The standard InChI is InChI=1S/C17H23N3O2/c1-21-11-17-10-19(8-14(17)9-22-12-17)6-7-20-13-18-15-4-2-3-5-16(15)20/h2-5,13-14H,6-12H2,1H3/t14-,17-/m0/s1. The molecular weight excluding hydrogens is 278 g/mol. The summed E-state index contributed by atoms with van der Waals surface area (Å²) in [6.45, 7) is 6.78. The highest BCUT2D eigenvalue weighted by Gasteiger charge is 2.50. The number of benzene rings is 1. The predicted octanol–water partition coefficient (Wildman–Crippen LogP) is 1.63. The number of likely N-dealkylation sites (tertiary alicyclic amines) is 1. The molecule has 1 aromatic heterocycles. The lowest BCUT2D eigenvalue weighted by Gasteiger charge is -2.26. The van der Waals surface area contributed by atoms with E-state index in [1.165, 1.54) is 5.52 Å². The Morgan fingerprint density at radius 2 is 2.27 bits per heavy atom. The number of aromatic nitrogens is 2. The fraction of sp³-hybridized carbons (Fsp3) is 0.588. The quantitative estimate of drug-likeness (QED) is 0.841. The third-order valence-electron chi connectivity index (χ3n) is 5.21. The second-order valence-electron chi connectivity index (χ2n) is 6.67. The van der Waals surface area contributed by atoms with Crippen LogP contribution >= 0.6 is 0 Å². The van der Waals surface area contributed by atoms with Gasteiger partial charge < -0.3 is 18.9 Å². The summed E-state index contributed by atoms with van der Waals surface area (Å²) in [6.07, 6.45) is 1.95. The second-order valence-corrected chi connectivity index (χ2v) is 6.67. The van der Waals surface area contributed by atoms with Crippen LogP contribution < -0.4 is 0 Å². The van der Waals surface area contributed by atoms with Crippen molar-refractivity contribution in [3.63, 3.8) is 0 Å². The lowest BCUT2D eigenvalue weighted by Crippen LogP contribution is -2.35. The Hall–Kier alpha value is -1.43. The number of hydrogen-bond donors (Lipinski definition) is 0. The maximum absolute atomic E-state index is 5.70. The smallest absolute Gasteiger partial charge is 0.0958 e. The van der Waals surface area contributed by atoms with Gasteiger partial charge in [0.1, 0.15) is 0 Å². The molecule has 2 aliphatic rings. The van der Waals surface area contributed by atoms with Crippen molar-refractivity contribution in [1.82, 2.24) is 14.5 Å². The molecule has 2 fully saturated rings. The van der Waals surface area contributed by atoms with E-state index in [0.29, 0.717) is 5.92 Å². The molecule has 2 saturated heterocycles. The van der Waals surface area contributed by atoms with Crippen LogP contribution in [0.3, 0.4) is 0 Å². The molecular formula is C17H23N3O2. The number of methoxy groups -OCH3 is 1. The van der Waals surface area contributed by atoms with Crippen molar-refractivity contribution in [1.29, 1.82) is 0 Å². The van der Waals surface area contributed by atoms with Crippen LogP contribution in [0.5, 0.6) is 0 Å². The molecule has 3 heterocycles. The summed E-state index contributed by atoms with van der Waals surface area (Å²) in [5.74, 6) is 0.618. The molecule has 2 aromatic rings. The van der Waals surface area contributed by atoms with E-state index in [9.17, 15) is 0 Å². The van der Waals surface area contributed by atoms with Crippen LogP contribution in [0.4, 0.5) is 0 Å². The number of fused-ring (bicyclic) bond motifs is 2. The first-order valence-electron chi connectivity index (χ1n) is 8.00. The van der Waals surface area contributed by atoms with E-state index in [1.807, 2.05) is 12.4 Å². The summed E-state index contributed by atoms with van der Waals surface area (Å²) in [5, 5.41) is 0. The molecule has 5 nitrogen and oxygen atoms in total. The Morgan fingerprint density at radius 3 is 3.18 bits per heavy atom. The van der Waals surface area contributed by atoms with Gasteiger partial charge in [0, 0.05) is 44.6 Å². The van der Waals surface area contributed by atoms with Gasteiger partial charge in [0.25, 0.3) is 0 Å². The van der Waals surface area contributed by atoms with Gasteiger partial charge in [0.15, 0.2) is 0 Å². The molecule has 0 radical (unpaired) electrons. The summed E-state index contributed by atoms with van der Waals surface area (Å²) in [4.78, 5) is 7.03. The minimum Gasteiger partial charge on any atom is -0.384 e. The normalized spacial score (nSPS) is 28.5. The number of ether oxygens (including phenoxy) is 2. The molecule has 118 valence electrons. The van der Waals surface area contributed by atoms with Crippen LogP contribution in [0.25, 0.3) is 11.0 Å². The molecule has 0 N–H and O–H groups in total. The molecule has 5 heteroatoms. The van der Waals surface area contributed by atoms with Crippen LogP contribution in [0.2, 0.25) is 0 Å². The van der Waals surface area contributed by atoms with E-state index >= 15 is 0 Å². The maximum Gasteiger partial charge on any atom is 0.0958 e. The fourth-order valence-corrected chi connectivity index (χ4v) is 4.04. The van der Waals surface area contributed by atoms with Crippen LogP contribution in [0.15, 0.2) is 30.6 Å². The molecule has 1 aromatic carbocycles. The Morgan fingerprint density at radius 1 is 1.36 bits per heavy atom. The van der Waals surface area contributed by atoms with Gasteiger partial charge in [-0.1, -0.05) is 12.1 Å². The third-order valence-corrected chi connectivity index (χ3v) is 5.21. The first-order valence-corrected chi connectivity index (χ1v) is 8.00. The topological polar surface area (TPSA) is 39.5 Å². The van der Waals surface area contributed by atoms with Crippen LogP contribution in [0.1, 0.15) is 0 Å². The minimum absolute atomic E-state index is 0.214. The lowest BCUT2D eigenvalue weighted by molar-refractivity contribution is 0.0538. The van der Waals surface area contributed by atoms with Crippen molar-refractivity contribution < 1.29 is 9.47 Å². The first kappa shape index (κ1) is 14.2. The zero-order chi connectivity index (χ0) is 15.0. The molecule has 0 bridgehead atoms. The number of rotatable bonds is 5. The highest BCUT2D eigenvalue weighted by atomic mass is 16.5. The SMILES string of the molecule is COC[C@@]12COC[C@@H]1CN(CCn1cnc3ccccc31)C2. The molecule has 0 spiro atoms. The molecule has 22 heavy (non-hydrogen) atoms. The van der Waals surface area contributed by atoms with Crippen molar-refractivity contribution in [2.75, 3.05) is 46.6 Å². The Kier molecular flexibility index (Phi) is 3.64. The van der Waals surface area contributed by atoms with Gasteiger partial charge in [0.2, 0.25) is 0 Å². The van der Waals surface area contributed by atoms with Gasteiger partial charge in [-0.25, -0.2) is 4.98 Å². The van der Waals surface area contributed by atoms with Gasteiger partial charge >= 0.3 is 0 Å². The predicted molar refractivity (Wildman–Crippen MR) is 84.8 cm³/mol. The van der Waals surface area contributed by atoms with Gasteiger partial charge in [-0.2, -0.15) is 0 Å². The van der Waals surface area contributed by atoms with E-state index in [-0.39, 0.29) is 5.41 Å². The van der Waals surface area contributed by atoms with E-state index < -0.39 is 0 Å². The lowest BCUT2D eigenvalue weighted by atomic mass is 9.82. The molecule has 2 atom stereocenters. The summed E-state index contributed by atoms with van der Waals surface area (Å²) >= 11 is 0. The number of nitrogens with zero attached hydrogens (tertiary/aromatic N) is 3. The highest BCUT2D eigenvalue weighted by molar-refractivity contribution is 5.74. The molecule has 4 rings (SSSR count). The average molecular weight is 301 g/mol. The molecule has 0 unspecified atom stereocenters. The number of para-hydroxylation sites is 2. The van der Waals surface area contributed by atoms with E-state index in [4.69, 9.17) is 9.47 Å². The van der Waals surface area contributed by atoms with E-state index in [2.05, 4.69) is 32.7 Å². The van der Waals surface area contributed by atoms with Crippen LogP contribution in [-0.4, -0.2) is 61.0 Å². The van der Waals surface area contributed by atoms with Gasteiger partial charge in [-0.05, 0) is 12.1 Å². The number of hydrogen-bond acceptors (Lipinski definition) is 4. The van der Waals surface area contributed by atoms with Crippen LogP contribution in [0, 0.1) is 11.3 Å². The Balaban J connectivity index is 1.43. The Bertz CT molecular complexity index is 656. The van der Waals surface area contributed by atoms with Crippen LogP contribution in [-0.2, 0) is 16.0 Å². The van der Waals surface area contributed by atoms with Gasteiger partial charge in [-0.3, -0.25) is 0 Å². The molecule has 2 aliphatic heterocycles. The Labute approximate surface area is 130 Å². The van der Waals surface area contributed by atoms with Crippen molar-refractivity contribution in [2.45, 2.75) is 6.54 Å². The van der Waals surface area contributed by atoms with Crippen molar-refractivity contribution >= 4 is 11.0 Å². The highest BCUT2D eigenvalue weighted by Crippen LogP contribution is 2.41. The molecule has 0 aliphatic carbocycles. The van der Waals surface area contributed by atoms with Crippen molar-refractivity contribution in [3.05, 3.63) is 30.6 Å². The number of imidazole rings is 1. The summed E-state index contributed by atoms with van der Waals surface area (Å²) in [7, 11) is 1.80. The molecule has 0 saturated carbocycles. The largest absolute Gasteiger partial charge is 0.384 e. The monoisotopic (exact) mass is 301 g/mol. The summed E-state index contributed by atoms with van der Waals surface area (Å²) < 4.78 is 13.4. The second kappa shape index (κ2) is 5.65. The molecule has 0 amide bonds. The summed E-state index contributed by atoms with van der Waals surface area (Å²) in [5.41, 5.74) is 2.51. The van der Waals surface area contributed by atoms with Crippen molar-refractivity contribution in [2.24, 2.45) is 11.3 Å². The fourth-order valence-electron chi connectivity index (χ4n) is 4.04. The zero-order valence-corrected chi connectivity index (χ0v) is 13.1. The maximum atomic E-state index is 5.70. The first-order chi connectivity index (χ1) is 10.8. The zero-order valence-electron chi connectivity index (χ0n) is 13.1. The third kappa shape index (κ3) is 2.33. The van der Waals surface area contributed by atoms with Gasteiger partial charge in [0.05, 0.1) is 37.2 Å². The van der Waals surface area contributed by atoms with Crippen molar-refractivity contribution in [3.8, 4) is 0 Å².